The molecular weight excluding hydrogens is 589 g/mol. The molecule has 12 heteroatoms. The van der Waals surface area contributed by atoms with Crippen molar-refractivity contribution in [3.05, 3.63) is 98.7 Å². The fraction of sp³-hybridized carbons (Fsp3) is 0.148. The third-order valence-corrected chi connectivity index (χ3v) is 6.49. The molecule has 0 atom stereocenters. The molecule has 0 aliphatic heterocycles. The van der Waals surface area contributed by atoms with Gasteiger partial charge in [0.25, 0.3) is 5.91 Å². The number of amides is 2. The van der Waals surface area contributed by atoms with E-state index in [-0.39, 0.29) is 24.8 Å². The Hall–Kier alpha value is -4.16. The van der Waals surface area contributed by atoms with Gasteiger partial charge in [-0.3, -0.25) is 14.9 Å². The predicted octanol–water partition coefficient (Wildman–Crippen LogP) is 5.36. The largest absolute Gasteiger partial charge is 0.490 e. The van der Waals surface area contributed by atoms with E-state index >= 15 is 0 Å². The van der Waals surface area contributed by atoms with Crippen LogP contribution in [-0.4, -0.2) is 34.8 Å². The van der Waals surface area contributed by atoms with Crippen LogP contribution < -0.4 is 20.2 Å². The summed E-state index contributed by atoms with van der Waals surface area (Å²) in [6.07, 6.45) is 1.42. The second-order valence-corrected chi connectivity index (χ2v) is 9.89. The Balaban J connectivity index is 1.33. The summed E-state index contributed by atoms with van der Waals surface area (Å²) in [7, 11) is 0. The lowest BCUT2D eigenvalue weighted by Gasteiger charge is -2.14. The first kappa shape index (κ1) is 27.9. The van der Waals surface area contributed by atoms with Crippen LogP contribution in [0.15, 0.2) is 76.3 Å². The van der Waals surface area contributed by atoms with Gasteiger partial charge in [-0.25, -0.2) is 9.82 Å². The zero-order valence-corrected chi connectivity index (χ0v) is 23.1. The van der Waals surface area contributed by atoms with Crippen LogP contribution in [0.2, 0.25) is 0 Å². The van der Waals surface area contributed by atoms with Crippen molar-refractivity contribution in [3.63, 3.8) is 0 Å². The van der Waals surface area contributed by atoms with Gasteiger partial charge in [0.1, 0.15) is 17.4 Å². The lowest BCUT2D eigenvalue weighted by atomic mass is 10.2. The van der Waals surface area contributed by atoms with E-state index < -0.39 is 5.91 Å². The minimum atomic E-state index is -0.397. The molecule has 0 aliphatic rings. The summed E-state index contributed by atoms with van der Waals surface area (Å²) < 4.78 is 25.4. The van der Waals surface area contributed by atoms with Gasteiger partial charge < -0.3 is 9.47 Å². The fourth-order valence-electron chi connectivity index (χ4n) is 3.29. The number of benzene rings is 3. The van der Waals surface area contributed by atoms with Crippen molar-refractivity contribution in [1.82, 2.24) is 15.6 Å². The van der Waals surface area contributed by atoms with Crippen molar-refractivity contribution < 1.29 is 23.5 Å². The minimum absolute atomic E-state index is 0.0553. The molecule has 2 amide bonds. The van der Waals surface area contributed by atoms with Crippen molar-refractivity contribution >= 4 is 50.4 Å². The lowest BCUT2D eigenvalue weighted by molar-refractivity contribution is -0.120. The molecule has 1 aromatic heterocycles. The number of hydrogen-bond acceptors (Lipinski definition) is 8. The van der Waals surface area contributed by atoms with Crippen molar-refractivity contribution in [2.24, 2.45) is 5.10 Å². The van der Waals surface area contributed by atoms with E-state index in [1.807, 2.05) is 13.0 Å². The number of hydrazone groups is 1. The Kier molecular flexibility index (Phi) is 9.70. The van der Waals surface area contributed by atoms with E-state index in [0.717, 1.165) is 16.9 Å². The van der Waals surface area contributed by atoms with Crippen LogP contribution >= 0.6 is 27.3 Å². The highest BCUT2D eigenvalue weighted by Crippen LogP contribution is 2.37. The van der Waals surface area contributed by atoms with Gasteiger partial charge in [-0.1, -0.05) is 41.7 Å². The first-order chi connectivity index (χ1) is 18.9. The van der Waals surface area contributed by atoms with Crippen LogP contribution in [0, 0.1) is 5.82 Å². The molecule has 2 N–H and O–H groups in total. The number of nitrogens with zero attached hydrogens (tertiary/aromatic N) is 3. The Morgan fingerprint density at radius 1 is 1.08 bits per heavy atom. The van der Waals surface area contributed by atoms with E-state index in [9.17, 15) is 14.0 Å². The Bertz CT molecular complexity index is 1470. The number of rotatable bonds is 11. The minimum Gasteiger partial charge on any atom is -0.490 e. The third-order valence-electron chi connectivity index (χ3n) is 5.07. The number of nitrogens with one attached hydrogen (secondary N) is 2. The maximum atomic E-state index is 13.2. The van der Waals surface area contributed by atoms with Gasteiger partial charge in [0.15, 0.2) is 11.5 Å². The molecule has 0 radical (unpaired) electrons. The van der Waals surface area contributed by atoms with E-state index in [1.54, 1.807) is 48.5 Å². The van der Waals surface area contributed by atoms with Gasteiger partial charge in [-0.15, -0.1) is 10.2 Å². The van der Waals surface area contributed by atoms with Gasteiger partial charge in [0.2, 0.25) is 11.0 Å². The number of carbonyl (C=O) groups excluding carboxylic acids is 2. The molecule has 0 aliphatic carbocycles. The van der Waals surface area contributed by atoms with Crippen molar-refractivity contribution in [1.29, 1.82) is 0 Å². The molecular formula is C27H23BrFN5O4S. The molecule has 3 aromatic carbocycles. The molecule has 4 aromatic rings. The average molecular weight is 612 g/mol. The maximum absolute atomic E-state index is 13.2. The second kappa shape index (κ2) is 13.6. The quantitative estimate of drug-likeness (QED) is 0.174. The normalized spacial score (nSPS) is 10.8. The van der Waals surface area contributed by atoms with Crippen LogP contribution in [0.4, 0.5) is 9.52 Å². The van der Waals surface area contributed by atoms with E-state index in [1.165, 1.54) is 18.3 Å². The molecule has 200 valence electrons. The number of aromatic nitrogens is 2. The number of anilines is 1. The first-order valence-corrected chi connectivity index (χ1v) is 13.4. The Labute approximate surface area is 236 Å². The average Bonchev–Trinajstić information content (AvgIpc) is 3.36. The number of carbonyl (C=O) groups is 2. The predicted molar refractivity (Wildman–Crippen MR) is 150 cm³/mol. The molecule has 0 spiro atoms. The van der Waals surface area contributed by atoms with Gasteiger partial charge >= 0.3 is 0 Å². The zero-order valence-electron chi connectivity index (χ0n) is 20.7. The maximum Gasteiger partial charge on any atom is 0.257 e. The van der Waals surface area contributed by atoms with Gasteiger partial charge in [0, 0.05) is 5.56 Å². The second-order valence-electron chi connectivity index (χ2n) is 7.97. The van der Waals surface area contributed by atoms with Crippen LogP contribution in [0.1, 0.15) is 33.4 Å². The summed E-state index contributed by atoms with van der Waals surface area (Å²) in [5.74, 6) is -0.0379. The summed E-state index contributed by atoms with van der Waals surface area (Å²) in [5.41, 5.74) is 4.41. The first-order valence-electron chi connectivity index (χ1n) is 11.8. The summed E-state index contributed by atoms with van der Waals surface area (Å²) in [4.78, 5) is 24.6. The van der Waals surface area contributed by atoms with Gasteiger partial charge in [0.05, 0.1) is 23.7 Å². The highest BCUT2D eigenvalue weighted by Gasteiger charge is 2.14. The monoisotopic (exact) mass is 611 g/mol. The van der Waals surface area contributed by atoms with Crippen LogP contribution in [-0.2, 0) is 17.8 Å². The summed E-state index contributed by atoms with van der Waals surface area (Å²) in [6, 6.07) is 18.3. The van der Waals surface area contributed by atoms with E-state index in [2.05, 4.69) is 42.0 Å². The highest BCUT2D eigenvalue weighted by atomic mass is 79.9. The van der Waals surface area contributed by atoms with Crippen molar-refractivity contribution in [2.75, 3.05) is 11.9 Å². The fourth-order valence-corrected chi connectivity index (χ4v) is 4.60. The standard InChI is InChI=1S/C27H23BrFN5O4S/c1-2-37-22-13-18(12-21(28)25(22)38-16-17-8-10-20(29)11-9-17)15-30-32-23(35)14-24-33-34-27(39-24)31-26(36)19-6-4-3-5-7-19/h3-13,15H,2,14,16H2,1H3,(H,32,35)(H,31,34,36)/b30-15+. The molecule has 1 heterocycles. The smallest absolute Gasteiger partial charge is 0.257 e. The number of halogens is 2. The van der Waals surface area contributed by atoms with Gasteiger partial charge in [-0.2, -0.15) is 5.10 Å². The van der Waals surface area contributed by atoms with E-state index in [4.69, 9.17) is 9.47 Å². The summed E-state index contributed by atoms with van der Waals surface area (Å²) in [5, 5.41) is 15.3. The highest BCUT2D eigenvalue weighted by molar-refractivity contribution is 9.10. The molecule has 0 saturated heterocycles. The molecule has 0 saturated carbocycles. The Morgan fingerprint density at radius 2 is 1.85 bits per heavy atom. The van der Waals surface area contributed by atoms with Gasteiger partial charge in [-0.05, 0) is 70.4 Å². The zero-order chi connectivity index (χ0) is 27.6. The topological polar surface area (TPSA) is 115 Å². The van der Waals surface area contributed by atoms with Crippen LogP contribution in [0.5, 0.6) is 11.5 Å². The Morgan fingerprint density at radius 3 is 2.59 bits per heavy atom. The molecule has 0 unspecified atom stereocenters. The summed E-state index contributed by atoms with van der Waals surface area (Å²) in [6.45, 7) is 2.49. The number of hydrogen-bond donors (Lipinski definition) is 2. The SMILES string of the molecule is CCOc1cc(/C=N/NC(=O)Cc2nnc(NC(=O)c3ccccc3)s2)cc(Br)c1OCc1ccc(F)cc1. The molecule has 9 nitrogen and oxygen atoms in total. The molecule has 0 bridgehead atoms. The van der Waals surface area contributed by atoms with Crippen LogP contribution in [0.25, 0.3) is 0 Å². The molecule has 4 rings (SSSR count). The third kappa shape index (κ3) is 8.16. The molecule has 39 heavy (non-hydrogen) atoms. The van der Waals surface area contributed by atoms with Crippen molar-refractivity contribution in [2.45, 2.75) is 20.0 Å². The van der Waals surface area contributed by atoms with Crippen LogP contribution in [0.3, 0.4) is 0 Å². The summed E-state index contributed by atoms with van der Waals surface area (Å²) >= 11 is 4.60. The number of ether oxygens (including phenoxy) is 2. The molecule has 0 fully saturated rings. The van der Waals surface area contributed by atoms with Crippen molar-refractivity contribution in [3.8, 4) is 11.5 Å². The lowest BCUT2D eigenvalue weighted by Crippen LogP contribution is -2.19. The van der Waals surface area contributed by atoms with E-state index in [0.29, 0.717) is 43.8 Å².